The molecule has 1 aliphatic rings. The predicted octanol–water partition coefficient (Wildman–Crippen LogP) is 2.55. The van der Waals surface area contributed by atoms with E-state index in [0.29, 0.717) is 19.0 Å². The fourth-order valence-corrected chi connectivity index (χ4v) is 4.09. The minimum absolute atomic E-state index is 0.344. The smallest absolute Gasteiger partial charge is 0.211 e. The van der Waals surface area contributed by atoms with Gasteiger partial charge >= 0.3 is 0 Å². The number of benzene rings is 1. The van der Waals surface area contributed by atoms with Crippen molar-refractivity contribution >= 4 is 26.6 Å². The molecule has 6 heteroatoms. The highest BCUT2D eigenvalue weighted by Crippen LogP contribution is 2.28. The van der Waals surface area contributed by atoms with E-state index in [1.165, 1.54) is 6.26 Å². The van der Waals surface area contributed by atoms with Crippen molar-refractivity contribution in [1.82, 2.24) is 9.29 Å². The molecule has 1 saturated heterocycles. The molecule has 1 aromatic carbocycles. The van der Waals surface area contributed by atoms with Crippen molar-refractivity contribution in [3.8, 4) is 0 Å². The molecule has 23 heavy (non-hydrogen) atoms. The van der Waals surface area contributed by atoms with Gasteiger partial charge in [-0.2, -0.15) is 0 Å². The molecule has 0 unspecified atom stereocenters. The fourth-order valence-electron chi connectivity index (χ4n) is 3.17. The van der Waals surface area contributed by atoms with E-state index < -0.39 is 10.0 Å². The topological polar surface area (TPSA) is 62.3 Å². The van der Waals surface area contributed by atoms with E-state index in [2.05, 4.69) is 23.3 Å². The van der Waals surface area contributed by atoms with Gasteiger partial charge in [0.15, 0.2) is 0 Å². The minimum atomic E-state index is -3.07. The number of fused-ring (bicyclic) bond motifs is 1. The molecule has 1 aliphatic heterocycles. The summed E-state index contributed by atoms with van der Waals surface area (Å²) < 4.78 is 24.8. The molecule has 5 nitrogen and oxygen atoms in total. The highest BCUT2D eigenvalue weighted by Gasteiger charge is 2.28. The van der Waals surface area contributed by atoms with Crippen molar-refractivity contribution in [3.63, 3.8) is 0 Å². The van der Waals surface area contributed by atoms with E-state index in [-0.39, 0.29) is 0 Å². The van der Waals surface area contributed by atoms with Crippen LogP contribution in [0.5, 0.6) is 0 Å². The van der Waals surface area contributed by atoms with Crippen LogP contribution in [-0.4, -0.2) is 43.6 Å². The summed E-state index contributed by atoms with van der Waals surface area (Å²) >= 11 is 0. The molecule has 0 amide bonds. The van der Waals surface area contributed by atoms with E-state index in [1.807, 2.05) is 25.1 Å². The van der Waals surface area contributed by atoms with E-state index in [0.717, 1.165) is 40.8 Å². The second-order valence-electron chi connectivity index (χ2n) is 6.37. The Morgan fingerprint density at radius 2 is 2.04 bits per heavy atom. The second kappa shape index (κ2) is 6.09. The number of pyridine rings is 1. The summed E-state index contributed by atoms with van der Waals surface area (Å²) in [6.07, 6.45) is 2.19. The van der Waals surface area contributed by atoms with Crippen LogP contribution in [0.15, 0.2) is 24.3 Å². The van der Waals surface area contributed by atoms with Crippen molar-refractivity contribution < 1.29 is 8.42 Å². The maximum atomic E-state index is 11.6. The number of anilines is 1. The van der Waals surface area contributed by atoms with E-state index in [1.54, 1.807) is 4.31 Å². The molecule has 124 valence electrons. The quantitative estimate of drug-likeness (QED) is 0.934. The van der Waals surface area contributed by atoms with Crippen molar-refractivity contribution in [1.29, 1.82) is 0 Å². The molecule has 2 heterocycles. The van der Waals surface area contributed by atoms with Crippen LogP contribution in [0.2, 0.25) is 0 Å². The monoisotopic (exact) mass is 333 g/mol. The van der Waals surface area contributed by atoms with E-state index in [9.17, 15) is 8.42 Å². The lowest BCUT2D eigenvalue weighted by atomic mass is 10.1. The molecule has 1 fully saturated rings. The number of nitrogens with zero attached hydrogens (tertiary/aromatic N) is 2. The van der Waals surface area contributed by atoms with Gasteiger partial charge in [0.05, 0.1) is 11.8 Å². The highest BCUT2D eigenvalue weighted by molar-refractivity contribution is 7.88. The number of para-hydroxylation sites is 1. The molecule has 1 aromatic heterocycles. The predicted molar refractivity (Wildman–Crippen MR) is 94.2 cm³/mol. The van der Waals surface area contributed by atoms with Gasteiger partial charge in [-0.25, -0.2) is 12.7 Å². The zero-order chi connectivity index (χ0) is 16.6. The Labute approximate surface area is 137 Å². The first-order valence-corrected chi connectivity index (χ1v) is 9.76. The number of rotatable bonds is 4. The molecular weight excluding hydrogens is 310 g/mol. The summed E-state index contributed by atoms with van der Waals surface area (Å²) in [5.41, 5.74) is 4.28. The second-order valence-corrected chi connectivity index (χ2v) is 8.35. The average molecular weight is 333 g/mol. The summed E-state index contributed by atoms with van der Waals surface area (Å²) in [7, 11) is -3.07. The van der Waals surface area contributed by atoms with Gasteiger partial charge in [0.1, 0.15) is 0 Å². The Morgan fingerprint density at radius 1 is 1.30 bits per heavy atom. The first-order chi connectivity index (χ1) is 10.9. The Hall–Kier alpha value is -1.66. The third kappa shape index (κ3) is 3.33. The molecule has 0 spiro atoms. The highest BCUT2D eigenvalue weighted by atomic mass is 32.2. The summed E-state index contributed by atoms with van der Waals surface area (Å²) in [5, 5.41) is 4.67. The number of nitrogens with one attached hydrogen (secondary N) is 1. The number of hydrogen-bond acceptors (Lipinski definition) is 4. The van der Waals surface area contributed by atoms with Crippen LogP contribution in [0, 0.1) is 19.8 Å². The maximum absolute atomic E-state index is 11.6. The van der Waals surface area contributed by atoms with Crippen LogP contribution in [0.25, 0.3) is 10.9 Å². The van der Waals surface area contributed by atoms with Gasteiger partial charge in [-0.1, -0.05) is 18.2 Å². The molecule has 2 aromatic rings. The van der Waals surface area contributed by atoms with Crippen molar-refractivity contribution in [2.75, 3.05) is 31.2 Å². The van der Waals surface area contributed by atoms with Crippen LogP contribution < -0.4 is 5.32 Å². The fraction of sp³-hybridized carbons (Fsp3) is 0.471. The number of sulfonamides is 1. The van der Waals surface area contributed by atoms with E-state index >= 15 is 0 Å². The normalized spacial score (nSPS) is 19.3. The van der Waals surface area contributed by atoms with Crippen LogP contribution >= 0.6 is 0 Å². The van der Waals surface area contributed by atoms with Crippen molar-refractivity contribution in [2.24, 2.45) is 5.92 Å². The summed E-state index contributed by atoms with van der Waals surface area (Å²) in [4.78, 5) is 4.63. The first kappa shape index (κ1) is 16.2. The Kier molecular flexibility index (Phi) is 4.29. The zero-order valence-electron chi connectivity index (χ0n) is 13.8. The van der Waals surface area contributed by atoms with Crippen LogP contribution in [0.1, 0.15) is 17.7 Å². The molecule has 0 bridgehead atoms. The molecule has 0 radical (unpaired) electrons. The Morgan fingerprint density at radius 3 is 2.74 bits per heavy atom. The number of aromatic nitrogens is 1. The zero-order valence-corrected chi connectivity index (χ0v) is 14.7. The molecule has 1 N–H and O–H groups in total. The molecule has 1 atom stereocenters. The van der Waals surface area contributed by atoms with Crippen LogP contribution in [-0.2, 0) is 10.0 Å². The summed E-state index contributed by atoms with van der Waals surface area (Å²) in [6, 6.07) is 8.11. The van der Waals surface area contributed by atoms with Crippen LogP contribution in [0.4, 0.5) is 5.69 Å². The maximum Gasteiger partial charge on any atom is 0.211 e. The molecule has 0 saturated carbocycles. The van der Waals surface area contributed by atoms with Gasteiger partial charge in [0, 0.05) is 36.4 Å². The first-order valence-electron chi connectivity index (χ1n) is 7.91. The molecular formula is C17H23N3O2S. The SMILES string of the molecule is Cc1nc2ccccc2c(NC[C@H]2CCN(S(C)(=O)=O)C2)c1C. The van der Waals surface area contributed by atoms with Gasteiger partial charge in [-0.3, -0.25) is 4.98 Å². The minimum Gasteiger partial charge on any atom is -0.384 e. The van der Waals surface area contributed by atoms with Gasteiger partial charge in [0.2, 0.25) is 10.0 Å². The van der Waals surface area contributed by atoms with Crippen LogP contribution in [0.3, 0.4) is 0 Å². The number of aryl methyl sites for hydroxylation is 1. The van der Waals surface area contributed by atoms with Crippen molar-refractivity contribution in [3.05, 3.63) is 35.5 Å². The Balaban J connectivity index is 1.79. The lowest BCUT2D eigenvalue weighted by Gasteiger charge is -2.18. The third-order valence-electron chi connectivity index (χ3n) is 4.66. The summed E-state index contributed by atoms with van der Waals surface area (Å²) in [6.45, 7) is 6.11. The van der Waals surface area contributed by atoms with Crippen molar-refractivity contribution in [2.45, 2.75) is 20.3 Å². The lowest BCUT2D eigenvalue weighted by molar-refractivity contribution is 0.466. The van der Waals surface area contributed by atoms with Gasteiger partial charge in [-0.05, 0) is 37.8 Å². The van der Waals surface area contributed by atoms with E-state index in [4.69, 9.17) is 0 Å². The molecule has 3 rings (SSSR count). The van der Waals surface area contributed by atoms with Gasteiger partial charge in [0.25, 0.3) is 0 Å². The average Bonchev–Trinajstić information content (AvgIpc) is 2.97. The number of hydrogen-bond donors (Lipinski definition) is 1. The third-order valence-corrected chi connectivity index (χ3v) is 5.93. The molecule has 0 aliphatic carbocycles. The standard InChI is InChI=1S/C17H23N3O2S/c1-12-13(2)19-16-7-5-4-6-15(16)17(12)18-10-14-8-9-20(11-14)23(3,21)22/h4-7,14H,8-11H2,1-3H3,(H,18,19)/t14-/m1/s1. The summed E-state index contributed by atoms with van der Waals surface area (Å²) in [5.74, 6) is 0.344. The Bertz CT molecular complexity index is 833. The van der Waals surface area contributed by atoms with Gasteiger partial charge < -0.3 is 5.32 Å². The van der Waals surface area contributed by atoms with Gasteiger partial charge in [-0.15, -0.1) is 0 Å². The lowest BCUT2D eigenvalue weighted by Crippen LogP contribution is -2.28. The largest absolute Gasteiger partial charge is 0.384 e.